The number of hydrogen-bond donors (Lipinski definition) is 6. The fraction of sp³-hybridized carbons (Fsp3) is 0.583. The number of aromatic nitrogens is 4. The number of rotatable bonds is 7. The van der Waals surface area contributed by atoms with Crippen LogP contribution in [0, 0.1) is 5.92 Å². The number of nitrogens with two attached hydrogens (primary N) is 1. The number of ether oxygens (including phenoxy) is 1. The van der Waals surface area contributed by atoms with Crippen molar-refractivity contribution in [2.45, 2.75) is 18.4 Å². The van der Waals surface area contributed by atoms with Gasteiger partial charge in [-0.05, 0) is 0 Å². The second-order valence-corrected chi connectivity index (χ2v) is 9.26. The summed E-state index contributed by atoms with van der Waals surface area (Å²) in [4.78, 5) is 47.0. The molecule has 1 aliphatic heterocycles. The van der Waals surface area contributed by atoms with Crippen LogP contribution in [0.25, 0.3) is 11.2 Å². The largest absolute Gasteiger partial charge is 0.756 e. The van der Waals surface area contributed by atoms with Crippen molar-refractivity contribution < 1.29 is 52.2 Å². The maximum atomic E-state index is 12.1. The summed E-state index contributed by atoms with van der Waals surface area (Å²) in [6.45, 7) is -1.42. The number of fused-ring (bicyclic) bond motifs is 1. The first-order valence-electron chi connectivity index (χ1n) is 8.26. The quantitative estimate of drug-likeness (QED) is 0.170. The first kappa shape index (κ1) is 23.0. The van der Waals surface area contributed by atoms with Crippen LogP contribution in [0.2, 0.25) is 0 Å². The number of H-pyrrole nitrogens is 1. The summed E-state index contributed by atoms with van der Waals surface area (Å²) in [5.74, 6) is -1.23. The third-order valence-electron chi connectivity index (χ3n) is 4.41. The molecule has 0 aromatic carbocycles. The molecule has 16 nitrogen and oxygen atoms in total. The van der Waals surface area contributed by atoms with E-state index in [1.54, 1.807) is 0 Å². The van der Waals surface area contributed by atoms with E-state index in [2.05, 4.69) is 18.8 Å². The minimum absolute atomic E-state index is 0.0600. The summed E-state index contributed by atoms with van der Waals surface area (Å²) in [5, 5.41) is 20.2. The lowest BCUT2D eigenvalue weighted by molar-refractivity contribution is -0.745. The first-order chi connectivity index (χ1) is 13.8. The Morgan fingerprint density at radius 3 is 2.73 bits per heavy atom. The Morgan fingerprint density at radius 1 is 1.47 bits per heavy atom. The van der Waals surface area contributed by atoms with E-state index in [0.717, 1.165) is 0 Å². The van der Waals surface area contributed by atoms with Crippen molar-refractivity contribution in [3.8, 4) is 0 Å². The minimum Gasteiger partial charge on any atom is -0.756 e. The highest BCUT2D eigenvalue weighted by molar-refractivity contribution is 7.60. The summed E-state index contributed by atoms with van der Waals surface area (Å²) in [6.07, 6.45) is -2.41. The summed E-state index contributed by atoms with van der Waals surface area (Å²) in [5.41, 5.74) is 5.20. The van der Waals surface area contributed by atoms with E-state index < -0.39 is 58.8 Å². The van der Waals surface area contributed by atoms with Crippen LogP contribution >= 0.6 is 15.6 Å². The number of hydrogen-bond acceptors (Lipinski definition) is 11. The van der Waals surface area contributed by atoms with Gasteiger partial charge in [0.1, 0.15) is 6.10 Å². The van der Waals surface area contributed by atoms with Gasteiger partial charge in [0.2, 0.25) is 11.7 Å². The van der Waals surface area contributed by atoms with Crippen LogP contribution in [-0.2, 0) is 29.7 Å². The summed E-state index contributed by atoms with van der Waals surface area (Å²) >= 11 is 0. The summed E-state index contributed by atoms with van der Waals surface area (Å²) in [6, 6.07) is 0. The third-order valence-corrected chi connectivity index (χ3v) is 6.53. The molecule has 0 aliphatic carbocycles. The number of phosphoric acid groups is 2. The van der Waals surface area contributed by atoms with E-state index in [1.807, 2.05) is 0 Å². The van der Waals surface area contributed by atoms with Crippen molar-refractivity contribution in [1.82, 2.24) is 14.5 Å². The molecule has 2 unspecified atom stereocenters. The van der Waals surface area contributed by atoms with E-state index in [4.69, 9.17) is 15.4 Å². The van der Waals surface area contributed by atoms with Gasteiger partial charge in [-0.2, -0.15) is 0 Å². The van der Waals surface area contributed by atoms with Crippen molar-refractivity contribution in [1.29, 1.82) is 0 Å². The molecular weight excluding hydrogens is 452 g/mol. The molecule has 0 saturated carbocycles. The van der Waals surface area contributed by atoms with Crippen LogP contribution in [0.4, 0.5) is 5.95 Å². The van der Waals surface area contributed by atoms with Gasteiger partial charge >= 0.3 is 13.5 Å². The lowest BCUT2D eigenvalue weighted by Gasteiger charge is -2.21. The molecule has 3 heterocycles. The van der Waals surface area contributed by atoms with Gasteiger partial charge in [-0.1, -0.05) is 4.98 Å². The zero-order valence-electron chi connectivity index (χ0n) is 15.3. The van der Waals surface area contributed by atoms with Gasteiger partial charge in [0.15, 0.2) is 6.33 Å². The Morgan fingerprint density at radius 2 is 2.13 bits per heavy atom. The summed E-state index contributed by atoms with van der Waals surface area (Å²) in [7, 11) is -9.25. The molecule has 30 heavy (non-hydrogen) atoms. The molecule has 1 saturated heterocycles. The molecular formula is C12H19N5O11P2. The van der Waals surface area contributed by atoms with Gasteiger partial charge in [-0.3, -0.25) is 23.4 Å². The molecule has 18 heteroatoms. The number of aryl methyl sites for hydroxylation is 1. The Kier molecular flexibility index (Phi) is 6.19. The predicted molar refractivity (Wildman–Crippen MR) is 93.1 cm³/mol. The average molecular weight is 471 g/mol. The van der Waals surface area contributed by atoms with E-state index >= 15 is 0 Å². The molecule has 0 spiro atoms. The van der Waals surface area contributed by atoms with Crippen molar-refractivity contribution in [2.75, 3.05) is 18.9 Å². The van der Waals surface area contributed by atoms with Crippen LogP contribution in [0.5, 0.6) is 0 Å². The SMILES string of the molecule is Cn1c[n+]([C@@H]2O[C@H](COP(=O)(O)OP(=O)([O-])O)[C@@H](CO)[C@H]2O)c2nc(N)[nH]c(=O)c21. The summed E-state index contributed by atoms with van der Waals surface area (Å²) < 4.78 is 38.6. The standard InChI is InChI=1S/C12H19N5O11P2/c1-16-4-17(9-7(16)10(20)15-12(13)14-9)11-8(19)5(2-18)6(27-11)3-26-30(24,25)28-29(21,22)23/h4-6,8,11,18-19H,2-3H2,1H3,(H5-,13,14,15,20,21,22,23,24,25)/t5-,6-,8-,11-/m1/s1. The maximum Gasteiger partial charge on any atom is 0.478 e. The average Bonchev–Trinajstić information content (AvgIpc) is 3.07. The molecule has 0 bridgehead atoms. The highest BCUT2D eigenvalue weighted by atomic mass is 31.3. The van der Waals surface area contributed by atoms with Gasteiger partial charge in [0.25, 0.3) is 19.3 Å². The van der Waals surface area contributed by atoms with Crippen molar-refractivity contribution in [2.24, 2.45) is 13.0 Å². The normalized spacial score (nSPS) is 28.5. The predicted octanol–water partition coefficient (Wildman–Crippen LogP) is -3.41. The van der Waals surface area contributed by atoms with Crippen LogP contribution in [0.15, 0.2) is 11.1 Å². The molecule has 2 aromatic heterocycles. The highest BCUT2D eigenvalue weighted by Crippen LogP contribution is 2.55. The fourth-order valence-corrected chi connectivity index (χ4v) is 4.75. The van der Waals surface area contributed by atoms with Gasteiger partial charge in [-0.15, -0.1) is 0 Å². The molecule has 2 aromatic rings. The Bertz CT molecular complexity index is 1100. The number of aliphatic hydroxyl groups is 2. The zero-order chi connectivity index (χ0) is 22.4. The molecule has 1 fully saturated rings. The number of nitrogens with one attached hydrogen (secondary N) is 1. The fourth-order valence-electron chi connectivity index (χ4n) is 3.19. The smallest absolute Gasteiger partial charge is 0.478 e. The number of phosphoric ester groups is 1. The van der Waals surface area contributed by atoms with Gasteiger partial charge in [0.05, 0.1) is 26.4 Å². The number of nitrogen functional groups attached to an aromatic ring is 1. The number of anilines is 1. The molecule has 7 N–H and O–H groups in total. The van der Waals surface area contributed by atoms with Gasteiger partial charge in [-0.25, -0.2) is 13.4 Å². The highest BCUT2D eigenvalue weighted by Gasteiger charge is 2.48. The third kappa shape index (κ3) is 4.63. The number of aromatic amines is 1. The topological polar surface area (TPSA) is 246 Å². The molecule has 6 atom stereocenters. The first-order valence-corrected chi connectivity index (χ1v) is 11.2. The van der Waals surface area contributed by atoms with Crippen LogP contribution in [0.1, 0.15) is 6.23 Å². The molecule has 168 valence electrons. The number of imidazole rings is 1. The van der Waals surface area contributed by atoms with Crippen LogP contribution < -0.4 is 20.8 Å². The van der Waals surface area contributed by atoms with E-state index in [-0.39, 0.29) is 17.1 Å². The van der Waals surface area contributed by atoms with E-state index in [9.17, 15) is 33.9 Å². The van der Waals surface area contributed by atoms with E-state index in [1.165, 1.54) is 22.5 Å². The number of aliphatic hydroxyl groups excluding tert-OH is 2. The van der Waals surface area contributed by atoms with E-state index in [0.29, 0.717) is 0 Å². The Labute approximate surface area is 167 Å². The monoisotopic (exact) mass is 471 g/mol. The van der Waals surface area contributed by atoms with Crippen LogP contribution in [-0.4, -0.2) is 60.0 Å². The Hall–Kier alpha value is -1.71. The maximum absolute atomic E-state index is 12.1. The molecule has 3 rings (SSSR count). The Balaban J connectivity index is 1.87. The van der Waals surface area contributed by atoms with Crippen molar-refractivity contribution in [3.05, 3.63) is 16.7 Å². The van der Waals surface area contributed by atoms with Gasteiger partial charge in [0, 0.05) is 5.92 Å². The second-order valence-electron chi connectivity index (χ2n) is 6.47. The zero-order valence-corrected chi connectivity index (χ0v) is 17.0. The molecule has 0 amide bonds. The van der Waals surface area contributed by atoms with Gasteiger partial charge < -0.3 is 35.4 Å². The van der Waals surface area contributed by atoms with Crippen molar-refractivity contribution >= 4 is 32.8 Å². The molecule has 1 aliphatic rings. The van der Waals surface area contributed by atoms with Crippen LogP contribution in [0.3, 0.4) is 0 Å². The number of nitrogens with zero attached hydrogens (tertiary/aromatic N) is 3. The lowest BCUT2D eigenvalue weighted by Crippen LogP contribution is -2.45. The van der Waals surface area contributed by atoms with Crippen molar-refractivity contribution in [3.63, 3.8) is 0 Å². The second kappa shape index (κ2) is 8.09. The lowest BCUT2D eigenvalue weighted by atomic mass is 9.99. The molecule has 0 radical (unpaired) electrons. The minimum atomic E-state index is -5.56.